The van der Waals surface area contributed by atoms with Gasteiger partial charge in [0, 0.05) is 0 Å². The molecule has 9 heavy (non-hydrogen) atoms. The first-order valence-corrected chi connectivity index (χ1v) is 3.59. The molecule has 0 N–H and O–H groups in total. The van der Waals surface area contributed by atoms with Crippen LogP contribution in [-0.4, -0.2) is 11.2 Å². The molecule has 0 fully saturated rings. The van der Waals surface area contributed by atoms with Crippen molar-refractivity contribution < 1.29 is 4.74 Å². The molecule has 0 aromatic heterocycles. The summed E-state index contributed by atoms with van der Waals surface area (Å²) in [6.07, 6.45) is 0. The van der Waals surface area contributed by atoms with Crippen molar-refractivity contribution in [3.63, 3.8) is 0 Å². The molecule has 1 nitrogen and oxygen atoms in total. The third-order valence-electron chi connectivity index (χ3n) is 1.74. The van der Waals surface area contributed by atoms with E-state index in [1.54, 1.807) is 0 Å². The average Bonchev–Trinajstić information content (AvgIpc) is 1.65. The molecule has 0 rings (SSSR count). The summed E-state index contributed by atoms with van der Waals surface area (Å²) in [5.41, 5.74) is 1.22. The van der Waals surface area contributed by atoms with Crippen LogP contribution < -0.4 is 0 Å². The molecular weight excluding hydrogens is 132 g/mol. The van der Waals surface area contributed by atoms with Crippen molar-refractivity contribution in [3.8, 4) is 0 Å². The summed E-state index contributed by atoms with van der Waals surface area (Å²) in [5, 5.41) is 0. The van der Waals surface area contributed by atoms with E-state index in [0.29, 0.717) is 5.92 Å². The maximum atomic E-state index is 5.18. The van der Waals surface area contributed by atoms with Crippen LogP contribution in [0, 0.1) is 5.92 Å². The number of thiocarbonyl (C=S) groups is 1. The number of hydrogen-bond acceptors (Lipinski definition) is 2. The summed E-state index contributed by atoms with van der Waals surface area (Å²) in [7, 11) is 0. The van der Waals surface area contributed by atoms with Crippen molar-refractivity contribution in [1.82, 2.24) is 0 Å². The van der Waals surface area contributed by atoms with Gasteiger partial charge in [0.1, 0.15) is 11.2 Å². The normalized spacial score (nSPS) is 11.7. The number of ether oxygens (including phenoxy) is 1. The van der Waals surface area contributed by atoms with Gasteiger partial charge < -0.3 is 4.74 Å². The van der Waals surface area contributed by atoms with E-state index >= 15 is 0 Å². The van der Waals surface area contributed by atoms with Crippen LogP contribution in [0.3, 0.4) is 0 Å². The molecule has 0 aliphatic heterocycles. The van der Waals surface area contributed by atoms with Crippen molar-refractivity contribution in [3.05, 3.63) is 0 Å². The molecule has 0 unspecified atom stereocenters. The Balaban J connectivity index is 3.84. The monoisotopic (exact) mass is 146 g/mol. The summed E-state index contributed by atoms with van der Waals surface area (Å²) >= 11 is 4.57. The minimum atomic E-state index is -0.109. The van der Waals surface area contributed by atoms with Crippen molar-refractivity contribution in [2.75, 3.05) is 0 Å². The second-order valence-electron chi connectivity index (χ2n) is 2.97. The van der Waals surface area contributed by atoms with E-state index in [1.165, 1.54) is 5.55 Å². The fourth-order valence-electron chi connectivity index (χ4n) is 0.260. The summed E-state index contributed by atoms with van der Waals surface area (Å²) in [6, 6.07) is 0. The predicted octanol–water partition coefficient (Wildman–Crippen LogP) is 2.39. The topological polar surface area (TPSA) is 9.23 Å². The van der Waals surface area contributed by atoms with Crippen LogP contribution in [0.25, 0.3) is 0 Å². The van der Waals surface area contributed by atoms with E-state index < -0.39 is 0 Å². The molecule has 0 saturated carbocycles. The molecule has 0 aliphatic rings. The zero-order valence-corrected chi connectivity index (χ0v) is 7.29. The highest BCUT2D eigenvalue weighted by Crippen LogP contribution is 2.18. The Hall–Kier alpha value is -0.110. The van der Waals surface area contributed by atoms with Crippen molar-refractivity contribution in [1.29, 1.82) is 0 Å². The average molecular weight is 146 g/mol. The molecule has 0 aromatic carbocycles. The van der Waals surface area contributed by atoms with E-state index in [0.717, 1.165) is 0 Å². The van der Waals surface area contributed by atoms with Crippen LogP contribution in [0.5, 0.6) is 0 Å². The van der Waals surface area contributed by atoms with Gasteiger partial charge >= 0.3 is 0 Å². The van der Waals surface area contributed by atoms with Gasteiger partial charge in [-0.2, -0.15) is 0 Å². The zero-order valence-electron chi connectivity index (χ0n) is 6.47. The first-order valence-electron chi connectivity index (χ1n) is 3.12. The highest BCUT2D eigenvalue weighted by atomic mass is 32.1. The van der Waals surface area contributed by atoms with Crippen LogP contribution >= 0.6 is 12.2 Å². The summed E-state index contributed by atoms with van der Waals surface area (Å²) < 4.78 is 5.18. The molecule has 0 aliphatic carbocycles. The van der Waals surface area contributed by atoms with Crippen molar-refractivity contribution in [2.45, 2.75) is 33.3 Å². The van der Waals surface area contributed by atoms with Gasteiger partial charge in [0.05, 0.1) is 0 Å². The molecular formula is C7H14OS. The van der Waals surface area contributed by atoms with Crippen molar-refractivity contribution >= 4 is 17.8 Å². The fourth-order valence-corrected chi connectivity index (χ4v) is 0.508. The van der Waals surface area contributed by atoms with E-state index in [-0.39, 0.29) is 5.60 Å². The standard InChI is InChI=1S/C7H14OS/c1-6(2)7(3,4)8-5-9/h5-6H,1-4H3. The van der Waals surface area contributed by atoms with Gasteiger partial charge in [-0.25, -0.2) is 0 Å². The highest BCUT2D eigenvalue weighted by Gasteiger charge is 2.22. The van der Waals surface area contributed by atoms with E-state index in [9.17, 15) is 0 Å². The quantitative estimate of drug-likeness (QED) is 0.565. The molecule has 0 spiro atoms. The third-order valence-corrected chi connectivity index (χ3v) is 1.84. The molecule has 2 heteroatoms. The summed E-state index contributed by atoms with van der Waals surface area (Å²) in [5.74, 6) is 0.497. The number of hydrogen-bond donors (Lipinski definition) is 0. The second-order valence-corrected chi connectivity index (χ2v) is 3.16. The lowest BCUT2D eigenvalue weighted by atomic mass is 9.95. The van der Waals surface area contributed by atoms with Gasteiger partial charge in [0.25, 0.3) is 0 Å². The van der Waals surface area contributed by atoms with Gasteiger partial charge in [-0.05, 0) is 32.0 Å². The second kappa shape index (κ2) is 3.16. The van der Waals surface area contributed by atoms with Gasteiger partial charge in [-0.1, -0.05) is 13.8 Å². The molecule has 0 heterocycles. The Kier molecular flexibility index (Phi) is 3.12. The highest BCUT2D eigenvalue weighted by molar-refractivity contribution is 7.78. The SMILES string of the molecule is CC(C)C(C)(C)OC=S. The first kappa shape index (κ1) is 8.89. The van der Waals surface area contributed by atoms with Gasteiger partial charge in [0.15, 0.2) is 0 Å². The van der Waals surface area contributed by atoms with E-state index in [1.807, 2.05) is 13.8 Å². The van der Waals surface area contributed by atoms with Gasteiger partial charge in [0.2, 0.25) is 0 Å². The molecule has 54 valence electrons. The molecule has 0 aromatic rings. The predicted molar refractivity (Wildman–Crippen MR) is 43.7 cm³/mol. The summed E-state index contributed by atoms with van der Waals surface area (Å²) in [6.45, 7) is 8.28. The van der Waals surface area contributed by atoms with Crippen LogP contribution in [-0.2, 0) is 4.74 Å². The maximum absolute atomic E-state index is 5.18. The van der Waals surface area contributed by atoms with E-state index in [4.69, 9.17) is 4.74 Å². The first-order chi connectivity index (χ1) is 4.00. The Labute approximate surface area is 62.4 Å². The molecule has 0 bridgehead atoms. The van der Waals surface area contributed by atoms with Crippen LogP contribution in [0.2, 0.25) is 0 Å². The van der Waals surface area contributed by atoms with Crippen molar-refractivity contribution in [2.24, 2.45) is 5.92 Å². The Bertz CT molecular complexity index is 97.1. The zero-order chi connectivity index (χ0) is 7.49. The third kappa shape index (κ3) is 2.80. The Morgan fingerprint density at radius 1 is 1.44 bits per heavy atom. The van der Waals surface area contributed by atoms with Crippen LogP contribution in [0.1, 0.15) is 27.7 Å². The smallest absolute Gasteiger partial charge is 0.147 e. The summed E-state index contributed by atoms with van der Waals surface area (Å²) in [4.78, 5) is 0. The van der Waals surface area contributed by atoms with Crippen LogP contribution in [0.4, 0.5) is 0 Å². The molecule has 0 atom stereocenters. The minimum Gasteiger partial charge on any atom is -0.484 e. The van der Waals surface area contributed by atoms with E-state index in [2.05, 4.69) is 26.1 Å². The lowest BCUT2D eigenvalue weighted by Gasteiger charge is -2.27. The molecule has 0 radical (unpaired) electrons. The lowest BCUT2D eigenvalue weighted by molar-refractivity contribution is 0.0582. The lowest BCUT2D eigenvalue weighted by Crippen LogP contribution is -2.29. The van der Waals surface area contributed by atoms with Gasteiger partial charge in [-0.15, -0.1) is 0 Å². The van der Waals surface area contributed by atoms with Gasteiger partial charge in [-0.3, -0.25) is 0 Å². The largest absolute Gasteiger partial charge is 0.484 e. The van der Waals surface area contributed by atoms with Crippen LogP contribution in [0.15, 0.2) is 0 Å². The number of rotatable bonds is 3. The Morgan fingerprint density at radius 3 is 2.00 bits per heavy atom. The molecule has 0 amide bonds. The maximum Gasteiger partial charge on any atom is 0.147 e. The fraction of sp³-hybridized carbons (Fsp3) is 0.857. The minimum absolute atomic E-state index is 0.109. The molecule has 0 saturated heterocycles. The Morgan fingerprint density at radius 2 is 1.89 bits per heavy atom.